The summed E-state index contributed by atoms with van der Waals surface area (Å²) in [5.41, 5.74) is 2.01. The summed E-state index contributed by atoms with van der Waals surface area (Å²) in [5.74, 6) is 0. The molecule has 1 aliphatic rings. The van der Waals surface area contributed by atoms with Crippen molar-refractivity contribution in [1.82, 2.24) is 14.6 Å². The van der Waals surface area contributed by atoms with Crippen LogP contribution in [0.5, 0.6) is 0 Å². The monoisotopic (exact) mass is 332 g/mol. The molecule has 2 aromatic heterocycles. The van der Waals surface area contributed by atoms with E-state index in [1.54, 1.807) is 11.3 Å². The first kappa shape index (κ1) is 14.0. The fourth-order valence-corrected chi connectivity index (χ4v) is 4.06. The van der Waals surface area contributed by atoms with Crippen molar-refractivity contribution in [1.29, 1.82) is 0 Å². The van der Waals surface area contributed by atoms with Crippen LogP contribution in [0.25, 0.3) is 16.2 Å². The third kappa shape index (κ3) is 2.71. The number of nitrogens with zero attached hydrogens (tertiary/aromatic N) is 3. The highest BCUT2D eigenvalue weighted by Crippen LogP contribution is 2.29. The number of benzene rings is 1. The van der Waals surface area contributed by atoms with Crippen LogP contribution in [0.1, 0.15) is 32.1 Å². The summed E-state index contributed by atoms with van der Waals surface area (Å²) in [6, 6.07) is 8.35. The first-order valence-corrected chi connectivity index (χ1v) is 8.86. The number of aromatic nitrogens is 3. The summed E-state index contributed by atoms with van der Waals surface area (Å²) in [6.07, 6.45) is 8.32. The molecular weight excluding hydrogens is 316 g/mol. The van der Waals surface area contributed by atoms with E-state index in [-0.39, 0.29) is 0 Å². The van der Waals surface area contributed by atoms with Gasteiger partial charge in [0.1, 0.15) is 0 Å². The zero-order valence-corrected chi connectivity index (χ0v) is 13.7. The van der Waals surface area contributed by atoms with Crippen LogP contribution in [0.2, 0.25) is 5.02 Å². The van der Waals surface area contributed by atoms with E-state index < -0.39 is 0 Å². The molecule has 1 saturated carbocycles. The Morgan fingerprint density at radius 2 is 2.09 bits per heavy atom. The highest BCUT2D eigenvalue weighted by atomic mass is 35.5. The molecule has 6 heteroatoms. The molecule has 1 fully saturated rings. The lowest BCUT2D eigenvalue weighted by atomic mass is 9.96. The Labute approximate surface area is 138 Å². The molecule has 22 heavy (non-hydrogen) atoms. The summed E-state index contributed by atoms with van der Waals surface area (Å²) < 4.78 is 1.90. The van der Waals surface area contributed by atoms with E-state index in [0.717, 1.165) is 26.4 Å². The number of imidazole rings is 1. The third-order valence-electron chi connectivity index (χ3n) is 4.14. The standard InChI is InChI=1S/C16H17ClN4S/c17-12-6-4-5-11(9-12)14-10-18-16-21(14)20-15(22-16)19-13-7-2-1-3-8-13/h4-6,9-10,13H,1-3,7-8H2,(H,19,20). The van der Waals surface area contributed by atoms with Crippen molar-refractivity contribution < 1.29 is 0 Å². The minimum atomic E-state index is 0.555. The van der Waals surface area contributed by atoms with E-state index in [4.69, 9.17) is 16.7 Å². The topological polar surface area (TPSA) is 42.2 Å². The normalized spacial score (nSPS) is 16.2. The number of anilines is 1. The van der Waals surface area contributed by atoms with Crippen LogP contribution in [-0.4, -0.2) is 20.6 Å². The second kappa shape index (κ2) is 5.89. The molecule has 4 nitrogen and oxygen atoms in total. The number of halogens is 1. The zero-order valence-electron chi connectivity index (χ0n) is 12.1. The van der Waals surface area contributed by atoms with Gasteiger partial charge in [0, 0.05) is 16.6 Å². The predicted molar refractivity (Wildman–Crippen MR) is 91.8 cm³/mol. The zero-order chi connectivity index (χ0) is 14.9. The molecular formula is C16H17ClN4S. The van der Waals surface area contributed by atoms with E-state index >= 15 is 0 Å². The molecule has 2 heterocycles. The van der Waals surface area contributed by atoms with Gasteiger partial charge in [0.15, 0.2) is 0 Å². The van der Waals surface area contributed by atoms with E-state index in [2.05, 4.69) is 10.3 Å². The molecule has 1 aromatic carbocycles. The van der Waals surface area contributed by atoms with Crippen molar-refractivity contribution in [3.8, 4) is 11.3 Å². The molecule has 0 aliphatic heterocycles. The van der Waals surface area contributed by atoms with Crippen molar-refractivity contribution in [2.75, 3.05) is 5.32 Å². The maximum absolute atomic E-state index is 6.09. The third-order valence-corrected chi connectivity index (χ3v) is 5.23. The molecule has 1 N–H and O–H groups in total. The van der Waals surface area contributed by atoms with Crippen LogP contribution >= 0.6 is 22.9 Å². The molecule has 4 rings (SSSR count). The second-order valence-corrected chi connectivity index (χ2v) is 7.13. The lowest BCUT2D eigenvalue weighted by Crippen LogP contribution is -2.22. The SMILES string of the molecule is Clc1cccc(-c2cnc3sc(NC4CCCCC4)nn23)c1. The van der Waals surface area contributed by atoms with Crippen molar-refractivity contribution in [3.05, 3.63) is 35.5 Å². The summed E-state index contributed by atoms with van der Waals surface area (Å²) in [5, 5.41) is 9.94. The fraction of sp³-hybridized carbons (Fsp3) is 0.375. The van der Waals surface area contributed by atoms with Crippen LogP contribution in [0.15, 0.2) is 30.5 Å². The van der Waals surface area contributed by atoms with E-state index in [1.165, 1.54) is 32.1 Å². The predicted octanol–water partition coefficient (Wildman–Crippen LogP) is 4.86. The number of hydrogen-bond acceptors (Lipinski definition) is 4. The van der Waals surface area contributed by atoms with Gasteiger partial charge in [-0.05, 0) is 25.0 Å². The molecule has 0 unspecified atom stereocenters. The first-order chi connectivity index (χ1) is 10.8. The molecule has 1 aliphatic carbocycles. The highest BCUT2D eigenvalue weighted by molar-refractivity contribution is 7.20. The first-order valence-electron chi connectivity index (χ1n) is 7.67. The number of hydrogen-bond donors (Lipinski definition) is 1. The van der Waals surface area contributed by atoms with E-state index in [1.807, 2.05) is 35.0 Å². The van der Waals surface area contributed by atoms with Gasteiger partial charge in [-0.15, -0.1) is 5.10 Å². The molecule has 0 spiro atoms. The lowest BCUT2D eigenvalue weighted by Gasteiger charge is -2.21. The Morgan fingerprint density at radius 1 is 1.23 bits per heavy atom. The van der Waals surface area contributed by atoms with Crippen LogP contribution < -0.4 is 5.32 Å². The molecule has 0 amide bonds. The van der Waals surface area contributed by atoms with Gasteiger partial charge in [-0.2, -0.15) is 0 Å². The molecule has 0 saturated heterocycles. The molecule has 114 valence electrons. The van der Waals surface area contributed by atoms with Gasteiger partial charge in [-0.25, -0.2) is 9.50 Å². The molecule has 3 aromatic rings. The summed E-state index contributed by atoms with van der Waals surface area (Å²) in [7, 11) is 0. The Hall–Kier alpha value is -1.59. The van der Waals surface area contributed by atoms with Crippen LogP contribution in [0.3, 0.4) is 0 Å². The van der Waals surface area contributed by atoms with E-state index in [9.17, 15) is 0 Å². The molecule has 0 atom stereocenters. The largest absolute Gasteiger partial charge is 0.357 e. The molecule has 0 radical (unpaired) electrons. The lowest BCUT2D eigenvalue weighted by molar-refractivity contribution is 0.462. The van der Waals surface area contributed by atoms with Crippen LogP contribution in [-0.2, 0) is 0 Å². The van der Waals surface area contributed by atoms with Gasteiger partial charge >= 0.3 is 0 Å². The van der Waals surface area contributed by atoms with Gasteiger partial charge in [-0.1, -0.05) is 54.3 Å². The Kier molecular flexibility index (Phi) is 3.76. The highest BCUT2D eigenvalue weighted by Gasteiger charge is 2.17. The maximum atomic E-state index is 6.09. The van der Waals surface area contributed by atoms with Crippen molar-refractivity contribution in [2.24, 2.45) is 0 Å². The van der Waals surface area contributed by atoms with Gasteiger partial charge in [0.25, 0.3) is 0 Å². The van der Waals surface area contributed by atoms with E-state index in [0.29, 0.717) is 6.04 Å². The molecule has 0 bridgehead atoms. The quantitative estimate of drug-likeness (QED) is 0.745. The Balaban J connectivity index is 1.64. The van der Waals surface area contributed by atoms with Crippen molar-refractivity contribution >= 4 is 33.0 Å². The van der Waals surface area contributed by atoms with Gasteiger partial charge in [0.05, 0.1) is 11.9 Å². The Bertz CT molecular complexity index is 788. The fourth-order valence-electron chi connectivity index (χ4n) is 3.02. The summed E-state index contributed by atoms with van der Waals surface area (Å²) in [4.78, 5) is 5.38. The van der Waals surface area contributed by atoms with Crippen LogP contribution in [0.4, 0.5) is 5.13 Å². The van der Waals surface area contributed by atoms with Crippen LogP contribution in [0, 0.1) is 0 Å². The smallest absolute Gasteiger partial charge is 0.214 e. The summed E-state index contributed by atoms with van der Waals surface area (Å²) in [6.45, 7) is 0. The number of nitrogens with one attached hydrogen (secondary N) is 1. The minimum Gasteiger partial charge on any atom is -0.357 e. The summed E-state index contributed by atoms with van der Waals surface area (Å²) >= 11 is 7.69. The van der Waals surface area contributed by atoms with Crippen molar-refractivity contribution in [3.63, 3.8) is 0 Å². The van der Waals surface area contributed by atoms with Gasteiger partial charge in [0.2, 0.25) is 10.1 Å². The second-order valence-electron chi connectivity index (χ2n) is 5.73. The van der Waals surface area contributed by atoms with Crippen molar-refractivity contribution in [2.45, 2.75) is 38.1 Å². The number of rotatable bonds is 3. The Morgan fingerprint density at radius 3 is 2.91 bits per heavy atom. The maximum Gasteiger partial charge on any atom is 0.214 e. The number of fused-ring (bicyclic) bond motifs is 1. The van der Waals surface area contributed by atoms with Gasteiger partial charge < -0.3 is 5.32 Å². The van der Waals surface area contributed by atoms with Gasteiger partial charge in [-0.3, -0.25) is 0 Å². The minimum absolute atomic E-state index is 0.555. The average molecular weight is 333 g/mol. The average Bonchev–Trinajstić information content (AvgIpc) is 3.08.